The number of imidazole rings is 1. The zero-order valence-electron chi connectivity index (χ0n) is 8.82. The zero-order valence-corrected chi connectivity index (χ0v) is 8.82. The van der Waals surface area contributed by atoms with Crippen molar-refractivity contribution in [3.8, 4) is 11.8 Å². The van der Waals surface area contributed by atoms with Crippen molar-refractivity contribution in [2.75, 3.05) is 20.6 Å². The summed E-state index contributed by atoms with van der Waals surface area (Å²) in [7, 11) is 5.65. The first-order chi connectivity index (χ1) is 6.61. The van der Waals surface area contributed by atoms with Crippen molar-refractivity contribution in [3.63, 3.8) is 0 Å². The number of hydrogen-bond donors (Lipinski definition) is 0. The summed E-state index contributed by atoms with van der Waals surface area (Å²) >= 11 is 0. The fourth-order valence-corrected chi connectivity index (χ4v) is 0.986. The minimum absolute atomic E-state index is 0.0239. The van der Waals surface area contributed by atoms with Crippen molar-refractivity contribution >= 4 is 0 Å². The Kier molecular flexibility index (Phi) is 3.55. The van der Waals surface area contributed by atoms with Gasteiger partial charge in [-0.2, -0.15) is 0 Å². The first kappa shape index (κ1) is 10.6. The van der Waals surface area contributed by atoms with Gasteiger partial charge in [-0.25, -0.2) is 4.79 Å². The summed E-state index contributed by atoms with van der Waals surface area (Å²) in [5.41, 5.74) is -0.0239. The monoisotopic (exact) mass is 193 g/mol. The van der Waals surface area contributed by atoms with Crippen LogP contribution in [0.3, 0.4) is 0 Å². The molecule has 0 saturated heterocycles. The van der Waals surface area contributed by atoms with E-state index in [2.05, 4.69) is 11.8 Å². The molecule has 0 saturated carbocycles. The molecule has 0 radical (unpaired) electrons. The van der Waals surface area contributed by atoms with Gasteiger partial charge >= 0.3 is 5.69 Å². The normalized spacial score (nSPS) is 10.0. The smallest absolute Gasteiger partial charge is 0.302 e. The summed E-state index contributed by atoms with van der Waals surface area (Å²) in [5, 5.41) is 0. The summed E-state index contributed by atoms with van der Waals surface area (Å²) in [5.74, 6) is 5.92. The van der Waals surface area contributed by atoms with Gasteiger partial charge in [-0.15, -0.1) is 0 Å². The summed E-state index contributed by atoms with van der Waals surface area (Å²) in [6.07, 6.45) is 3.47. The van der Waals surface area contributed by atoms with Crippen molar-refractivity contribution in [3.05, 3.63) is 22.9 Å². The standard InChI is InChI=1S/C10H15N3O/c1-11(2)6-4-5-7-13-9-8-12(3)10(13)14/h8-9H,6-7H2,1-3H3. The first-order valence-corrected chi connectivity index (χ1v) is 4.43. The van der Waals surface area contributed by atoms with Gasteiger partial charge in [0.2, 0.25) is 0 Å². The Labute approximate surface area is 83.8 Å². The molecule has 4 heteroatoms. The largest absolute Gasteiger partial charge is 0.328 e. The van der Waals surface area contributed by atoms with Gasteiger partial charge in [0.1, 0.15) is 0 Å². The number of aromatic nitrogens is 2. The number of hydrogen-bond acceptors (Lipinski definition) is 2. The number of rotatable bonds is 2. The highest BCUT2D eigenvalue weighted by Crippen LogP contribution is 1.80. The molecule has 1 aromatic heterocycles. The van der Waals surface area contributed by atoms with Crippen LogP contribution in [0.5, 0.6) is 0 Å². The molecule has 1 aromatic rings. The van der Waals surface area contributed by atoms with Gasteiger partial charge in [-0.05, 0) is 14.1 Å². The van der Waals surface area contributed by atoms with E-state index in [1.807, 2.05) is 19.0 Å². The second kappa shape index (κ2) is 4.68. The second-order valence-corrected chi connectivity index (χ2v) is 3.41. The Balaban J connectivity index is 2.57. The lowest BCUT2D eigenvalue weighted by atomic mass is 10.5. The third-order valence-electron chi connectivity index (χ3n) is 1.79. The highest BCUT2D eigenvalue weighted by molar-refractivity contribution is 5.01. The van der Waals surface area contributed by atoms with Crippen LogP contribution in [0.4, 0.5) is 0 Å². The molecule has 0 atom stereocenters. The number of nitrogens with zero attached hydrogens (tertiary/aromatic N) is 3. The van der Waals surface area contributed by atoms with Crippen molar-refractivity contribution in [1.82, 2.24) is 14.0 Å². The van der Waals surface area contributed by atoms with E-state index in [1.165, 1.54) is 4.57 Å². The molecule has 1 rings (SSSR count). The Hall–Kier alpha value is -1.47. The van der Waals surface area contributed by atoms with Crippen molar-refractivity contribution in [2.24, 2.45) is 7.05 Å². The van der Waals surface area contributed by atoms with Gasteiger partial charge in [-0.3, -0.25) is 9.47 Å². The predicted octanol–water partition coefficient (Wildman–Crippen LogP) is -0.248. The van der Waals surface area contributed by atoms with E-state index in [-0.39, 0.29) is 5.69 Å². The topological polar surface area (TPSA) is 30.2 Å². The third-order valence-corrected chi connectivity index (χ3v) is 1.79. The lowest BCUT2D eigenvalue weighted by Crippen LogP contribution is -2.21. The lowest BCUT2D eigenvalue weighted by molar-refractivity contribution is 0.463. The van der Waals surface area contributed by atoms with E-state index < -0.39 is 0 Å². The molecule has 14 heavy (non-hydrogen) atoms. The molecule has 0 aliphatic heterocycles. The predicted molar refractivity (Wildman–Crippen MR) is 56.0 cm³/mol. The van der Waals surface area contributed by atoms with Crippen molar-refractivity contribution in [2.45, 2.75) is 6.54 Å². The lowest BCUT2D eigenvalue weighted by Gasteiger charge is -2.00. The molecule has 0 aromatic carbocycles. The highest BCUT2D eigenvalue weighted by Gasteiger charge is 1.95. The SMILES string of the molecule is CN(C)CC#CCn1ccn(C)c1=O. The molecule has 76 valence electrons. The summed E-state index contributed by atoms with van der Waals surface area (Å²) in [6.45, 7) is 1.19. The van der Waals surface area contributed by atoms with Crippen LogP contribution in [-0.2, 0) is 13.6 Å². The second-order valence-electron chi connectivity index (χ2n) is 3.41. The average Bonchev–Trinajstić information content (AvgIpc) is 2.43. The third kappa shape index (κ3) is 2.79. The van der Waals surface area contributed by atoms with Crippen LogP contribution in [0.2, 0.25) is 0 Å². The van der Waals surface area contributed by atoms with Gasteiger partial charge in [0.15, 0.2) is 0 Å². The first-order valence-electron chi connectivity index (χ1n) is 4.43. The Morgan fingerprint density at radius 2 is 2.07 bits per heavy atom. The maximum absolute atomic E-state index is 11.3. The summed E-state index contributed by atoms with van der Waals surface area (Å²) in [4.78, 5) is 13.3. The fourth-order valence-electron chi connectivity index (χ4n) is 0.986. The Morgan fingerprint density at radius 1 is 1.36 bits per heavy atom. The van der Waals surface area contributed by atoms with Crippen LogP contribution in [0.1, 0.15) is 0 Å². The van der Waals surface area contributed by atoms with Crippen LogP contribution in [0, 0.1) is 11.8 Å². The van der Waals surface area contributed by atoms with Gasteiger partial charge < -0.3 is 4.57 Å². The molecular weight excluding hydrogens is 178 g/mol. The zero-order chi connectivity index (χ0) is 10.6. The number of aryl methyl sites for hydroxylation is 1. The van der Waals surface area contributed by atoms with Gasteiger partial charge in [0, 0.05) is 19.4 Å². The maximum Gasteiger partial charge on any atom is 0.328 e. The van der Waals surface area contributed by atoms with E-state index in [0.717, 1.165) is 6.54 Å². The fraction of sp³-hybridized carbons (Fsp3) is 0.500. The molecule has 1 heterocycles. The quantitative estimate of drug-likeness (QED) is 0.606. The van der Waals surface area contributed by atoms with E-state index >= 15 is 0 Å². The molecular formula is C10H15N3O. The molecule has 0 bridgehead atoms. The van der Waals surface area contributed by atoms with E-state index in [4.69, 9.17) is 0 Å². The molecule has 0 N–H and O–H groups in total. The molecule has 0 aliphatic rings. The van der Waals surface area contributed by atoms with Crippen LogP contribution >= 0.6 is 0 Å². The van der Waals surface area contributed by atoms with Gasteiger partial charge in [0.05, 0.1) is 13.1 Å². The van der Waals surface area contributed by atoms with Crippen molar-refractivity contribution in [1.29, 1.82) is 0 Å². The van der Waals surface area contributed by atoms with Crippen LogP contribution in [0.25, 0.3) is 0 Å². The van der Waals surface area contributed by atoms with E-state index in [9.17, 15) is 4.79 Å². The molecule has 4 nitrogen and oxygen atoms in total. The molecule has 0 fully saturated rings. The highest BCUT2D eigenvalue weighted by atomic mass is 16.1. The van der Waals surface area contributed by atoms with Crippen molar-refractivity contribution < 1.29 is 0 Å². The van der Waals surface area contributed by atoms with Crippen LogP contribution < -0.4 is 5.69 Å². The Morgan fingerprint density at radius 3 is 2.57 bits per heavy atom. The molecule has 0 spiro atoms. The van der Waals surface area contributed by atoms with Crippen LogP contribution in [0.15, 0.2) is 17.2 Å². The van der Waals surface area contributed by atoms with Gasteiger partial charge in [0.25, 0.3) is 0 Å². The molecule has 0 aliphatic carbocycles. The molecule has 0 amide bonds. The minimum atomic E-state index is -0.0239. The van der Waals surface area contributed by atoms with E-state index in [1.54, 1.807) is 24.0 Å². The summed E-state index contributed by atoms with van der Waals surface area (Å²) in [6, 6.07) is 0. The Bertz CT molecular complexity index is 403. The molecule has 0 unspecified atom stereocenters. The van der Waals surface area contributed by atoms with Crippen LogP contribution in [-0.4, -0.2) is 34.7 Å². The van der Waals surface area contributed by atoms with E-state index in [0.29, 0.717) is 6.54 Å². The van der Waals surface area contributed by atoms with Gasteiger partial charge in [-0.1, -0.05) is 11.8 Å². The minimum Gasteiger partial charge on any atom is -0.302 e. The summed E-state index contributed by atoms with van der Waals surface area (Å²) < 4.78 is 3.12. The average molecular weight is 193 g/mol. The maximum atomic E-state index is 11.3.